The van der Waals surface area contributed by atoms with E-state index in [2.05, 4.69) is 33.2 Å². The number of nitrogens with one attached hydrogen (secondary N) is 2. The molecule has 4 rings (SSSR count). The van der Waals surface area contributed by atoms with Crippen LogP contribution in [0.5, 0.6) is 0 Å². The molecular weight excluding hydrogens is 571 g/mol. The lowest BCUT2D eigenvalue weighted by atomic mass is 10.0. The molecule has 0 radical (unpaired) electrons. The molecule has 2 heterocycles. The minimum absolute atomic E-state index is 0.162. The average Bonchev–Trinajstić information content (AvgIpc) is 3.35. The number of amides is 3. The summed E-state index contributed by atoms with van der Waals surface area (Å²) in [5.41, 5.74) is 1.65. The number of rotatable bonds is 7. The van der Waals surface area contributed by atoms with Crippen molar-refractivity contribution in [3.8, 4) is 0 Å². The van der Waals surface area contributed by atoms with Gasteiger partial charge in [0, 0.05) is 23.1 Å². The summed E-state index contributed by atoms with van der Waals surface area (Å²) in [5.74, 6) is -1.26. The molecule has 1 fully saturated rings. The van der Waals surface area contributed by atoms with E-state index in [0.29, 0.717) is 30.9 Å². The highest BCUT2D eigenvalue weighted by atomic mass is 127. The van der Waals surface area contributed by atoms with Gasteiger partial charge in [0.2, 0.25) is 17.7 Å². The first-order valence-electron chi connectivity index (χ1n) is 11.0. The monoisotopic (exact) mass is 596 g/mol. The lowest BCUT2D eigenvalue weighted by Gasteiger charge is -2.34. The highest BCUT2D eigenvalue weighted by Gasteiger charge is 2.38. The molecule has 0 bridgehead atoms. The number of hydrogen-bond donors (Lipinski definition) is 3. The Labute approximate surface area is 213 Å². The Bertz CT molecular complexity index is 1110. The predicted octanol–water partition coefficient (Wildman–Crippen LogP) is 2.29. The Hall–Kier alpha value is -2.51. The largest absolute Gasteiger partial charge is 0.344 e. The first-order valence-corrected chi connectivity index (χ1v) is 13.1. The Balaban J connectivity index is 1.52. The molecule has 0 spiro atoms. The molecule has 2 aromatic carbocycles. The maximum atomic E-state index is 13.2. The van der Waals surface area contributed by atoms with Crippen LogP contribution in [0.15, 0.2) is 48.5 Å². The molecule has 180 valence electrons. The minimum Gasteiger partial charge on any atom is -0.344 e. The first kappa shape index (κ1) is 24.6. The number of likely N-dealkylation sites (tertiary alicyclic amines) is 1. The van der Waals surface area contributed by atoms with Crippen LogP contribution in [0.1, 0.15) is 24.8 Å². The number of benzene rings is 2. The second kappa shape index (κ2) is 10.8. The van der Waals surface area contributed by atoms with E-state index in [4.69, 9.17) is 0 Å². The van der Waals surface area contributed by atoms with Crippen LogP contribution in [0.3, 0.4) is 0 Å². The van der Waals surface area contributed by atoms with E-state index in [-0.39, 0.29) is 12.3 Å². The van der Waals surface area contributed by atoms with Gasteiger partial charge in [-0.05, 0) is 65.3 Å². The third-order valence-electron chi connectivity index (χ3n) is 5.94. The Kier molecular flexibility index (Phi) is 7.84. The fraction of sp³-hybridized carbons (Fsp3) is 0.348. The van der Waals surface area contributed by atoms with Crippen LogP contribution < -0.4 is 14.9 Å². The van der Waals surface area contributed by atoms with Gasteiger partial charge in [0.05, 0.1) is 17.8 Å². The van der Waals surface area contributed by atoms with Crippen molar-refractivity contribution in [2.45, 2.75) is 37.8 Å². The summed E-state index contributed by atoms with van der Waals surface area (Å²) in [6.07, 6.45) is 1.79. The molecule has 2 aliphatic rings. The maximum absolute atomic E-state index is 13.2. The van der Waals surface area contributed by atoms with Crippen LogP contribution in [0.2, 0.25) is 0 Å². The number of carbonyl (C=O) groups excluding carboxylic acids is 3. The zero-order chi connectivity index (χ0) is 24.2. The minimum atomic E-state index is -2.52. The first-order chi connectivity index (χ1) is 16.3. The summed E-state index contributed by atoms with van der Waals surface area (Å²) in [4.78, 5) is 40.7. The van der Waals surface area contributed by atoms with Gasteiger partial charge in [-0.1, -0.05) is 24.3 Å². The lowest BCUT2D eigenvalue weighted by Crippen LogP contribution is -2.53. The van der Waals surface area contributed by atoms with E-state index in [1.807, 2.05) is 24.3 Å². The summed E-state index contributed by atoms with van der Waals surface area (Å²) in [6, 6.07) is 12.3. The number of halogens is 1. The van der Waals surface area contributed by atoms with E-state index in [9.17, 15) is 23.1 Å². The molecule has 34 heavy (non-hydrogen) atoms. The van der Waals surface area contributed by atoms with Gasteiger partial charge < -0.3 is 15.5 Å². The van der Waals surface area contributed by atoms with Crippen LogP contribution in [0, 0.1) is 3.57 Å². The van der Waals surface area contributed by atoms with Crippen molar-refractivity contribution < 1.29 is 23.1 Å². The van der Waals surface area contributed by atoms with Crippen molar-refractivity contribution >= 4 is 63.0 Å². The number of anilines is 2. The molecular formula is C23H25IN4O5S. The van der Waals surface area contributed by atoms with Gasteiger partial charge in [-0.15, -0.1) is 0 Å². The third kappa shape index (κ3) is 5.58. The summed E-state index contributed by atoms with van der Waals surface area (Å²) in [6.45, 7) is 1.30. The summed E-state index contributed by atoms with van der Waals surface area (Å²) < 4.78 is 24.1. The van der Waals surface area contributed by atoms with Crippen LogP contribution in [-0.4, -0.2) is 56.6 Å². The van der Waals surface area contributed by atoms with Gasteiger partial charge in [-0.3, -0.25) is 23.2 Å². The number of para-hydroxylation sites is 2. The van der Waals surface area contributed by atoms with Gasteiger partial charge in [-0.2, -0.15) is 0 Å². The van der Waals surface area contributed by atoms with Crippen LogP contribution in [0.4, 0.5) is 11.4 Å². The van der Waals surface area contributed by atoms with Crippen molar-refractivity contribution in [2.24, 2.45) is 0 Å². The Morgan fingerprint density at radius 1 is 1.15 bits per heavy atom. The number of carbonyl (C=O) groups is 3. The van der Waals surface area contributed by atoms with Gasteiger partial charge in [0.15, 0.2) is 0 Å². The van der Waals surface area contributed by atoms with E-state index in [1.54, 1.807) is 29.2 Å². The van der Waals surface area contributed by atoms with Crippen LogP contribution in [-0.2, 0) is 32.1 Å². The lowest BCUT2D eigenvalue weighted by molar-refractivity contribution is -0.135. The van der Waals surface area contributed by atoms with Crippen LogP contribution >= 0.6 is 22.6 Å². The van der Waals surface area contributed by atoms with E-state index in [1.165, 1.54) is 0 Å². The molecule has 2 aromatic rings. The zero-order valence-corrected chi connectivity index (χ0v) is 21.3. The van der Waals surface area contributed by atoms with Crippen molar-refractivity contribution in [1.29, 1.82) is 0 Å². The fourth-order valence-corrected chi connectivity index (χ4v) is 5.35. The molecule has 0 saturated carbocycles. The van der Waals surface area contributed by atoms with Gasteiger partial charge >= 0.3 is 0 Å². The highest BCUT2D eigenvalue weighted by molar-refractivity contribution is 14.1. The van der Waals surface area contributed by atoms with Crippen molar-refractivity contribution in [1.82, 2.24) is 10.2 Å². The summed E-state index contributed by atoms with van der Waals surface area (Å²) in [7, 11) is 0. The molecule has 0 aromatic heterocycles. The molecule has 2 unspecified atom stereocenters. The topological polar surface area (TPSA) is 119 Å². The molecule has 3 N–H and O–H groups in total. The zero-order valence-electron chi connectivity index (χ0n) is 18.3. The standard InChI is InChI=1S/C23H25IN4O5S/c24-16-9-7-15(8-10-16)13-18(23(31)27-11-3-4-12-27)25-21(29)14-20-22(30)26-17-5-1-2-6-19(17)28(20)34(32)33/h1-2,5-10,18,20H,3-4,11-14H2,(H,25,29)(H,26,30)(H,32,33)/t18-,20?/m1/s1. The molecule has 3 amide bonds. The molecule has 11 heteroatoms. The molecule has 3 atom stereocenters. The van der Waals surface area contributed by atoms with Gasteiger partial charge in [-0.25, -0.2) is 4.21 Å². The normalized spacial score (nSPS) is 19.2. The van der Waals surface area contributed by atoms with Crippen molar-refractivity contribution in [3.63, 3.8) is 0 Å². The SMILES string of the molecule is O=C(CC1C(=O)Nc2ccccc2N1S(=O)O)N[C@H](Cc1ccc(I)cc1)C(=O)N1CCCC1. The Morgan fingerprint density at radius 3 is 2.50 bits per heavy atom. The van der Waals surface area contributed by atoms with E-state index < -0.39 is 35.2 Å². The summed E-state index contributed by atoms with van der Waals surface area (Å²) >= 11 is -0.320. The number of nitrogens with zero attached hydrogens (tertiary/aromatic N) is 2. The maximum Gasteiger partial charge on any atom is 0.262 e. The van der Waals surface area contributed by atoms with Gasteiger partial charge in [0.25, 0.3) is 11.3 Å². The molecule has 0 aliphatic carbocycles. The highest BCUT2D eigenvalue weighted by Crippen LogP contribution is 2.33. The van der Waals surface area contributed by atoms with Crippen molar-refractivity contribution in [2.75, 3.05) is 22.7 Å². The van der Waals surface area contributed by atoms with E-state index >= 15 is 0 Å². The predicted molar refractivity (Wildman–Crippen MR) is 137 cm³/mol. The molecule has 9 nitrogen and oxygen atoms in total. The molecule has 2 aliphatic heterocycles. The van der Waals surface area contributed by atoms with Crippen molar-refractivity contribution in [3.05, 3.63) is 57.7 Å². The average molecular weight is 596 g/mol. The van der Waals surface area contributed by atoms with Gasteiger partial charge in [0.1, 0.15) is 12.1 Å². The Morgan fingerprint density at radius 2 is 1.82 bits per heavy atom. The number of hydrogen-bond acceptors (Lipinski definition) is 4. The number of fused-ring (bicyclic) bond motifs is 1. The second-order valence-electron chi connectivity index (χ2n) is 8.27. The quantitative estimate of drug-likeness (QED) is 0.335. The third-order valence-corrected chi connectivity index (χ3v) is 7.44. The summed E-state index contributed by atoms with van der Waals surface area (Å²) in [5, 5.41) is 5.47. The molecule has 1 saturated heterocycles. The fourth-order valence-electron chi connectivity index (χ4n) is 4.27. The second-order valence-corrected chi connectivity index (χ2v) is 10.4. The van der Waals surface area contributed by atoms with Crippen LogP contribution in [0.25, 0.3) is 0 Å². The smallest absolute Gasteiger partial charge is 0.262 e. The van der Waals surface area contributed by atoms with E-state index in [0.717, 1.165) is 26.3 Å².